The summed E-state index contributed by atoms with van der Waals surface area (Å²) in [4.78, 5) is 12.3. The van der Waals surface area contributed by atoms with E-state index in [4.69, 9.17) is 4.74 Å². The fourth-order valence-electron chi connectivity index (χ4n) is 3.91. The summed E-state index contributed by atoms with van der Waals surface area (Å²) in [6, 6.07) is 23.5. The van der Waals surface area contributed by atoms with E-state index in [9.17, 15) is 9.90 Å². The van der Waals surface area contributed by atoms with Crippen LogP contribution in [0.3, 0.4) is 0 Å². The molecule has 28 heavy (non-hydrogen) atoms. The van der Waals surface area contributed by atoms with Gasteiger partial charge in [-0.2, -0.15) is 0 Å². The van der Waals surface area contributed by atoms with Gasteiger partial charge in [0.25, 0.3) is 0 Å². The lowest BCUT2D eigenvalue weighted by Crippen LogP contribution is -2.35. The van der Waals surface area contributed by atoms with Crippen LogP contribution in [0.15, 0.2) is 72.8 Å². The molecule has 3 aromatic rings. The van der Waals surface area contributed by atoms with Gasteiger partial charge in [0.1, 0.15) is 12.4 Å². The molecule has 0 fully saturated rings. The third-order valence-corrected chi connectivity index (χ3v) is 5.23. The summed E-state index contributed by atoms with van der Waals surface area (Å²) in [6.45, 7) is 2.19. The van der Waals surface area contributed by atoms with Gasteiger partial charge in [-0.05, 0) is 47.2 Å². The number of aromatic hydroxyl groups is 1. The molecule has 1 unspecified atom stereocenters. The Hall–Kier alpha value is -3.27. The molecule has 1 aliphatic carbocycles. The van der Waals surface area contributed by atoms with Gasteiger partial charge >= 0.3 is 6.09 Å². The molecule has 0 radical (unpaired) electrons. The summed E-state index contributed by atoms with van der Waals surface area (Å²) >= 11 is 0. The molecule has 4 heteroatoms. The first-order valence-corrected chi connectivity index (χ1v) is 9.52. The van der Waals surface area contributed by atoms with Crippen molar-refractivity contribution in [3.63, 3.8) is 0 Å². The zero-order valence-corrected chi connectivity index (χ0v) is 15.8. The average Bonchev–Trinajstić information content (AvgIpc) is 3.02. The molecule has 0 saturated carbocycles. The van der Waals surface area contributed by atoms with E-state index in [0.717, 1.165) is 5.56 Å². The molecule has 1 atom stereocenters. The zero-order valence-electron chi connectivity index (χ0n) is 15.8. The van der Waals surface area contributed by atoms with Gasteiger partial charge in [0.05, 0.1) is 0 Å². The minimum Gasteiger partial charge on any atom is -0.508 e. The zero-order chi connectivity index (χ0) is 19.5. The molecular weight excluding hydrogens is 350 g/mol. The largest absolute Gasteiger partial charge is 0.508 e. The van der Waals surface area contributed by atoms with Crippen molar-refractivity contribution in [3.8, 4) is 16.9 Å². The summed E-state index contributed by atoms with van der Waals surface area (Å²) < 4.78 is 5.57. The van der Waals surface area contributed by atoms with Crippen molar-refractivity contribution in [1.29, 1.82) is 0 Å². The van der Waals surface area contributed by atoms with E-state index in [1.54, 1.807) is 12.1 Å². The van der Waals surface area contributed by atoms with E-state index in [-0.39, 0.29) is 17.7 Å². The van der Waals surface area contributed by atoms with Gasteiger partial charge in [-0.15, -0.1) is 0 Å². The normalized spacial score (nSPS) is 13.5. The van der Waals surface area contributed by atoms with Crippen LogP contribution in [0.2, 0.25) is 0 Å². The van der Waals surface area contributed by atoms with Crippen molar-refractivity contribution in [2.45, 2.75) is 25.3 Å². The number of alkyl carbamates (subject to hydrolysis) is 1. The van der Waals surface area contributed by atoms with Gasteiger partial charge in [0, 0.05) is 12.0 Å². The maximum atomic E-state index is 12.3. The summed E-state index contributed by atoms with van der Waals surface area (Å²) in [6.07, 6.45) is 0.0985. The topological polar surface area (TPSA) is 58.6 Å². The lowest BCUT2D eigenvalue weighted by atomic mass is 9.98. The highest BCUT2D eigenvalue weighted by Crippen LogP contribution is 2.44. The van der Waals surface area contributed by atoms with Gasteiger partial charge < -0.3 is 15.2 Å². The van der Waals surface area contributed by atoms with Crippen molar-refractivity contribution >= 4 is 6.09 Å². The van der Waals surface area contributed by atoms with E-state index in [1.165, 1.54) is 22.3 Å². The average molecular weight is 373 g/mol. The smallest absolute Gasteiger partial charge is 0.407 e. The van der Waals surface area contributed by atoms with Crippen molar-refractivity contribution in [3.05, 3.63) is 89.5 Å². The maximum Gasteiger partial charge on any atom is 0.407 e. The minimum absolute atomic E-state index is 0.0478. The van der Waals surface area contributed by atoms with Gasteiger partial charge in [-0.25, -0.2) is 4.79 Å². The number of ether oxygens (including phenoxy) is 1. The predicted octanol–water partition coefficient (Wildman–Crippen LogP) is 4.86. The fraction of sp³-hybridized carbons (Fsp3) is 0.208. The van der Waals surface area contributed by atoms with E-state index in [2.05, 4.69) is 29.6 Å². The van der Waals surface area contributed by atoms with Crippen LogP contribution in [0.25, 0.3) is 11.1 Å². The lowest BCUT2D eigenvalue weighted by molar-refractivity contribution is 0.139. The third-order valence-electron chi connectivity index (χ3n) is 5.23. The van der Waals surface area contributed by atoms with Crippen molar-refractivity contribution in [2.75, 3.05) is 6.61 Å². The van der Waals surface area contributed by atoms with Crippen LogP contribution >= 0.6 is 0 Å². The fourth-order valence-corrected chi connectivity index (χ4v) is 3.91. The number of para-hydroxylation sites is 1. The van der Waals surface area contributed by atoms with Crippen LogP contribution in [0.4, 0.5) is 4.79 Å². The second-order valence-corrected chi connectivity index (χ2v) is 7.20. The Bertz CT molecular complexity index is 953. The Balaban J connectivity index is 1.39. The van der Waals surface area contributed by atoms with E-state index in [1.807, 2.05) is 43.3 Å². The molecule has 2 N–H and O–H groups in total. The summed E-state index contributed by atoms with van der Waals surface area (Å²) in [7, 11) is 0. The SMILES string of the molecule is CC(Cc1ccccc1O)NC(=O)OCC1c2ccccc2-c2ccccc21. The maximum absolute atomic E-state index is 12.3. The number of rotatable bonds is 5. The molecule has 3 aromatic carbocycles. The quantitative estimate of drug-likeness (QED) is 0.671. The Morgan fingerprint density at radius 3 is 2.18 bits per heavy atom. The first-order valence-electron chi connectivity index (χ1n) is 9.52. The van der Waals surface area contributed by atoms with Crippen LogP contribution in [0.1, 0.15) is 29.5 Å². The number of carbonyl (C=O) groups excluding carboxylic acids is 1. The Kier molecular flexibility index (Phi) is 5.02. The molecule has 0 bridgehead atoms. The van der Waals surface area contributed by atoms with Crippen LogP contribution in [-0.4, -0.2) is 23.8 Å². The first kappa shape index (κ1) is 18.1. The highest BCUT2D eigenvalue weighted by Gasteiger charge is 2.29. The van der Waals surface area contributed by atoms with Crippen LogP contribution in [-0.2, 0) is 11.2 Å². The number of carbonyl (C=O) groups is 1. The van der Waals surface area contributed by atoms with E-state index < -0.39 is 6.09 Å². The number of phenolic OH excluding ortho intramolecular Hbond substituents is 1. The monoisotopic (exact) mass is 373 g/mol. The highest BCUT2D eigenvalue weighted by molar-refractivity contribution is 5.79. The minimum atomic E-state index is -0.440. The van der Waals surface area contributed by atoms with Gasteiger partial charge in [-0.1, -0.05) is 66.7 Å². The molecule has 1 amide bonds. The molecule has 4 nitrogen and oxygen atoms in total. The number of nitrogens with one attached hydrogen (secondary N) is 1. The number of hydrogen-bond acceptors (Lipinski definition) is 3. The summed E-state index contributed by atoms with van der Waals surface area (Å²) in [5.74, 6) is 0.287. The van der Waals surface area contributed by atoms with Gasteiger partial charge in [0.2, 0.25) is 0 Å². The molecule has 0 aliphatic heterocycles. The van der Waals surface area contributed by atoms with Crippen LogP contribution < -0.4 is 5.32 Å². The van der Waals surface area contributed by atoms with Gasteiger partial charge in [0.15, 0.2) is 0 Å². The van der Waals surface area contributed by atoms with E-state index >= 15 is 0 Å². The molecule has 1 aliphatic rings. The molecule has 0 spiro atoms. The Morgan fingerprint density at radius 2 is 1.54 bits per heavy atom. The first-order chi connectivity index (χ1) is 13.6. The van der Waals surface area contributed by atoms with Crippen molar-refractivity contribution < 1.29 is 14.6 Å². The number of fused-ring (bicyclic) bond motifs is 3. The Labute approximate surface area is 164 Å². The molecule has 0 aromatic heterocycles. The predicted molar refractivity (Wildman–Crippen MR) is 109 cm³/mol. The molecule has 0 heterocycles. The van der Waals surface area contributed by atoms with Crippen LogP contribution in [0.5, 0.6) is 5.75 Å². The standard InChI is InChI=1S/C24H23NO3/c1-16(14-17-8-2-7-13-23(17)26)25-24(27)28-15-22-20-11-5-3-9-18(20)19-10-4-6-12-21(19)22/h2-13,16,22,26H,14-15H2,1H3,(H,25,27). The Morgan fingerprint density at radius 1 is 0.964 bits per heavy atom. The second-order valence-electron chi connectivity index (χ2n) is 7.20. The van der Waals surface area contributed by atoms with Crippen molar-refractivity contribution in [2.24, 2.45) is 0 Å². The molecule has 4 rings (SSSR count). The second kappa shape index (κ2) is 7.77. The third kappa shape index (κ3) is 3.58. The van der Waals surface area contributed by atoms with Gasteiger partial charge in [-0.3, -0.25) is 0 Å². The highest BCUT2D eigenvalue weighted by atomic mass is 16.5. The van der Waals surface area contributed by atoms with Crippen molar-refractivity contribution in [1.82, 2.24) is 5.32 Å². The number of benzene rings is 3. The van der Waals surface area contributed by atoms with Crippen LogP contribution in [0, 0.1) is 0 Å². The number of amides is 1. The molecule has 142 valence electrons. The summed E-state index contributed by atoms with van der Waals surface area (Å²) in [5, 5.41) is 12.7. The summed E-state index contributed by atoms with van der Waals surface area (Å²) in [5.41, 5.74) is 5.60. The number of hydrogen-bond donors (Lipinski definition) is 2. The van der Waals surface area contributed by atoms with E-state index in [0.29, 0.717) is 13.0 Å². The lowest BCUT2D eigenvalue weighted by Gasteiger charge is -2.17. The molecule has 0 saturated heterocycles. The molecular formula is C24H23NO3. The number of phenols is 1.